The minimum atomic E-state index is -3.78. The van der Waals surface area contributed by atoms with Crippen molar-refractivity contribution < 1.29 is 36.1 Å². The van der Waals surface area contributed by atoms with Crippen molar-refractivity contribution in [3.8, 4) is 0 Å². The second-order valence-electron chi connectivity index (χ2n) is 11.5. The molecule has 0 aliphatic carbocycles. The van der Waals surface area contributed by atoms with Crippen molar-refractivity contribution in [2.45, 2.75) is 78.7 Å². The number of alkyl carbamates (subject to hydrolysis) is 1. The number of hydrogen-bond acceptors (Lipinski definition) is 10. The number of nitrogens with one attached hydrogen (secondary N) is 1. The van der Waals surface area contributed by atoms with Gasteiger partial charge in [0, 0.05) is 17.4 Å². The van der Waals surface area contributed by atoms with E-state index in [1.54, 1.807) is 59.7 Å². The first-order valence-corrected chi connectivity index (χ1v) is 15.8. The number of anilines is 1. The van der Waals surface area contributed by atoms with Gasteiger partial charge in [0.05, 0.1) is 47.6 Å². The Balaban J connectivity index is 2.04. The lowest BCUT2D eigenvalue weighted by Crippen LogP contribution is -2.43. The smallest absolute Gasteiger partial charge is 0.415 e. The quantitative estimate of drug-likeness (QED) is 0.216. The molecule has 0 saturated carbocycles. The average Bonchev–Trinajstić information content (AvgIpc) is 3.41. The summed E-state index contributed by atoms with van der Waals surface area (Å²) >= 11 is 7.77. The second kappa shape index (κ2) is 12.6. The molecule has 0 fully saturated rings. The molecule has 3 heterocycles. The van der Waals surface area contributed by atoms with Gasteiger partial charge in [0.15, 0.2) is 0 Å². The zero-order valence-corrected chi connectivity index (χ0v) is 26.8. The second-order valence-corrected chi connectivity index (χ2v) is 14.6. The number of aryl methyl sites for hydroxylation is 1. The first kappa shape index (κ1) is 32.6. The molecule has 0 radical (unpaired) electrons. The van der Waals surface area contributed by atoms with Crippen LogP contribution in [-0.4, -0.2) is 55.7 Å². The van der Waals surface area contributed by atoms with E-state index in [0.717, 1.165) is 16.7 Å². The van der Waals surface area contributed by atoms with Crippen LogP contribution >= 0.6 is 22.9 Å². The number of amides is 2. The predicted molar refractivity (Wildman–Crippen MR) is 158 cm³/mol. The Morgan fingerprint density at radius 2 is 1.83 bits per heavy atom. The van der Waals surface area contributed by atoms with Crippen molar-refractivity contribution in [1.82, 2.24) is 10.3 Å². The van der Waals surface area contributed by atoms with Crippen LogP contribution in [0.15, 0.2) is 28.9 Å². The van der Waals surface area contributed by atoms with E-state index in [2.05, 4.69) is 10.3 Å². The van der Waals surface area contributed by atoms with Crippen LogP contribution in [0, 0.1) is 6.92 Å². The number of carbonyl (C=O) groups is 2. The Hall–Kier alpha value is -2.87. The summed E-state index contributed by atoms with van der Waals surface area (Å²) in [7, 11) is -3.78. The Bertz CT molecular complexity index is 1490. The fourth-order valence-corrected chi connectivity index (χ4v) is 5.70. The molecule has 1 atom stereocenters. The summed E-state index contributed by atoms with van der Waals surface area (Å²) in [6.45, 7) is 12.1. The number of furan rings is 1. The summed E-state index contributed by atoms with van der Waals surface area (Å²) < 4.78 is 45.7. The van der Waals surface area contributed by atoms with Crippen LogP contribution in [0.4, 0.5) is 15.3 Å². The summed E-state index contributed by atoms with van der Waals surface area (Å²) in [5, 5.41) is 2.87. The summed E-state index contributed by atoms with van der Waals surface area (Å²) in [4.78, 5) is 32.6. The molecule has 2 amide bonds. The zero-order valence-electron chi connectivity index (χ0n) is 24.4. The summed E-state index contributed by atoms with van der Waals surface area (Å²) in [6.07, 6.45) is 1.33. The van der Waals surface area contributed by atoms with Crippen LogP contribution < -0.4 is 10.2 Å². The SMILES string of the molecule is Cc1c(C[C@H](COS(C)(=O)=O)NC(=O)OC(C)(C)C)sc2c(N(Cc3ccco3)C(=O)OC(C)(C)C)cc(Cl)nc12. The highest BCUT2D eigenvalue weighted by Gasteiger charge is 2.29. The third kappa shape index (κ3) is 9.87. The summed E-state index contributed by atoms with van der Waals surface area (Å²) in [6, 6.07) is 4.30. The minimum Gasteiger partial charge on any atom is -0.467 e. The standard InChI is InChI=1S/C27H36ClN3O8S2/c1-16-20(12-17(15-37-41(8,34)35)29-24(32)38-26(2,3)4)40-23-19(13-21(28)30-22(16)23)31(14-18-10-9-11-36-18)25(33)39-27(5,6)7/h9-11,13,17H,12,14-15H2,1-8H3,(H,29,32)/t17-/m1/s1. The van der Waals surface area contributed by atoms with Gasteiger partial charge < -0.3 is 19.2 Å². The lowest BCUT2D eigenvalue weighted by Gasteiger charge is -2.27. The van der Waals surface area contributed by atoms with E-state index in [4.69, 9.17) is 29.7 Å². The lowest BCUT2D eigenvalue weighted by atomic mass is 10.1. The number of ether oxygens (including phenoxy) is 2. The van der Waals surface area contributed by atoms with Crippen LogP contribution in [0.5, 0.6) is 0 Å². The van der Waals surface area contributed by atoms with E-state index in [1.807, 2.05) is 6.92 Å². The molecule has 0 aromatic carbocycles. The van der Waals surface area contributed by atoms with Gasteiger partial charge >= 0.3 is 12.2 Å². The molecular weight excluding hydrogens is 594 g/mol. The van der Waals surface area contributed by atoms with Crippen molar-refractivity contribution in [2.75, 3.05) is 17.8 Å². The van der Waals surface area contributed by atoms with Gasteiger partial charge in [-0.3, -0.25) is 9.08 Å². The fraction of sp³-hybridized carbons (Fsp3) is 0.519. The molecule has 0 aliphatic rings. The number of aromatic nitrogens is 1. The van der Waals surface area contributed by atoms with Gasteiger partial charge in [-0.05, 0) is 66.2 Å². The van der Waals surface area contributed by atoms with Gasteiger partial charge in [-0.15, -0.1) is 11.3 Å². The number of carbonyl (C=O) groups excluding carboxylic acids is 2. The van der Waals surface area contributed by atoms with Crippen molar-refractivity contribution >= 4 is 61.1 Å². The number of hydrogen-bond donors (Lipinski definition) is 1. The van der Waals surface area contributed by atoms with Gasteiger partial charge in [0.2, 0.25) is 0 Å². The van der Waals surface area contributed by atoms with E-state index < -0.39 is 39.5 Å². The fourth-order valence-electron chi connectivity index (χ4n) is 3.75. The molecule has 0 aliphatic heterocycles. The predicted octanol–water partition coefficient (Wildman–Crippen LogP) is 6.20. The molecule has 3 rings (SSSR count). The Labute approximate surface area is 249 Å². The number of fused-ring (bicyclic) bond motifs is 1. The van der Waals surface area contributed by atoms with E-state index in [9.17, 15) is 18.0 Å². The monoisotopic (exact) mass is 629 g/mol. The largest absolute Gasteiger partial charge is 0.467 e. The number of nitrogens with zero attached hydrogens (tertiary/aromatic N) is 2. The molecule has 0 spiro atoms. The van der Waals surface area contributed by atoms with Gasteiger partial charge in [-0.1, -0.05) is 11.6 Å². The molecule has 1 N–H and O–H groups in total. The first-order chi connectivity index (χ1) is 18.8. The Morgan fingerprint density at radius 3 is 2.39 bits per heavy atom. The number of halogens is 1. The third-order valence-electron chi connectivity index (χ3n) is 5.36. The van der Waals surface area contributed by atoms with Crippen molar-refractivity contribution in [1.29, 1.82) is 0 Å². The summed E-state index contributed by atoms with van der Waals surface area (Å²) in [5.41, 5.74) is 0.264. The van der Waals surface area contributed by atoms with Gasteiger partial charge in [0.25, 0.3) is 10.1 Å². The van der Waals surface area contributed by atoms with Crippen molar-refractivity contribution in [2.24, 2.45) is 0 Å². The van der Waals surface area contributed by atoms with E-state index in [-0.39, 0.29) is 24.7 Å². The van der Waals surface area contributed by atoms with Crippen molar-refractivity contribution in [3.05, 3.63) is 45.8 Å². The number of rotatable bonds is 9. The van der Waals surface area contributed by atoms with E-state index in [0.29, 0.717) is 21.7 Å². The van der Waals surface area contributed by atoms with Crippen LogP contribution in [0.3, 0.4) is 0 Å². The molecule has 3 aromatic rings. The van der Waals surface area contributed by atoms with Crippen LogP contribution in [0.25, 0.3) is 10.2 Å². The molecule has 0 bridgehead atoms. The molecule has 41 heavy (non-hydrogen) atoms. The maximum atomic E-state index is 13.4. The summed E-state index contributed by atoms with van der Waals surface area (Å²) in [5.74, 6) is 0.532. The molecule has 3 aromatic heterocycles. The minimum absolute atomic E-state index is 0.0780. The highest BCUT2D eigenvalue weighted by molar-refractivity contribution is 7.85. The zero-order chi connectivity index (χ0) is 30.8. The Kier molecular flexibility index (Phi) is 10.00. The molecule has 226 valence electrons. The van der Waals surface area contributed by atoms with Gasteiger partial charge in [0.1, 0.15) is 22.1 Å². The van der Waals surface area contributed by atoms with Gasteiger partial charge in [-0.2, -0.15) is 8.42 Å². The molecule has 14 heteroatoms. The van der Waals surface area contributed by atoms with Crippen LogP contribution in [-0.2, 0) is 36.7 Å². The Morgan fingerprint density at radius 1 is 1.17 bits per heavy atom. The maximum Gasteiger partial charge on any atom is 0.415 e. The molecule has 11 nitrogen and oxygen atoms in total. The lowest BCUT2D eigenvalue weighted by molar-refractivity contribution is 0.0487. The highest BCUT2D eigenvalue weighted by Crippen LogP contribution is 2.40. The average molecular weight is 630 g/mol. The van der Waals surface area contributed by atoms with Gasteiger partial charge in [-0.25, -0.2) is 14.6 Å². The van der Waals surface area contributed by atoms with Crippen LogP contribution in [0.1, 0.15) is 57.7 Å². The van der Waals surface area contributed by atoms with Crippen LogP contribution in [0.2, 0.25) is 5.15 Å². The molecule has 0 unspecified atom stereocenters. The molecular formula is C27H36ClN3O8S2. The molecule has 0 saturated heterocycles. The maximum absolute atomic E-state index is 13.4. The van der Waals surface area contributed by atoms with E-state index >= 15 is 0 Å². The first-order valence-electron chi connectivity index (χ1n) is 12.8. The van der Waals surface area contributed by atoms with E-state index in [1.165, 1.54) is 22.5 Å². The highest BCUT2D eigenvalue weighted by atomic mass is 35.5. The third-order valence-corrected chi connectivity index (χ3v) is 7.44. The number of pyridine rings is 1. The van der Waals surface area contributed by atoms with Crippen molar-refractivity contribution in [3.63, 3.8) is 0 Å². The topological polar surface area (TPSA) is 137 Å². The normalized spacial score (nSPS) is 13.2. The number of thiophene rings is 1.